The van der Waals surface area contributed by atoms with Crippen LogP contribution in [0, 0.1) is 18.8 Å². The molecule has 3 heteroatoms. The molecule has 12 heavy (non-hydrogen) atoms. The highest BCUT2D eigenvalue weighted by Gasteiger charge is 1.92. The molecular formula is C9H7NO2. The number of pyridine rings is 1. The molecule has 0 unspecified atom stereocenters. The summed E-state index contributed by atoms with van der Waals surface area (Å²) in [5.41, 5.74) is 1.18. The number of rotatable bonds is 0. The van der Waals surface area contributed by atoms with Crippen LogP contribution < -0.4 is 5.56 Å². The number of hydrogen-bond acceptors (Lipinski definition) is 2. The van der Waals surface area contributed by atoms with Gasteiger partial charge in [0.05, 0.1) is 0 Å². The Balaban J connectivity index is 3.18. The summed E-state index contributed by atoms with van der Waals surface area (Å²) in [7, 11) is 0. The van der Waals surface area contributed by atoms with Crippen LogP contribution in [0.25, 0.3) is 0 Å². The number of carbonyl (C=O) groups excluding carboxylic acids is 1. The Morgan fingerprint density at radius 3 is 2.83 bits per heavy atom. The molecule has 1 N–H and O–H groups in total. The summed E-state index contributed by atoms with van der Waals surface area (Å²) in [6.45, 7) is 1.73. The Bertz CT molecular complexity index is 407. The molecule has 0 radical (unpaired) electrons. The Morgan fingerprint density at radius 2 is 2.25 bits per heavy atom. The highest BCUT2D eigenvalue weighted by Crippen LogP contribution is 1.97. The summed E-state index contributed by atoms with van der Waals surface area (Å²) >= 11 is 0. The monoisotopic (exact) mass is 161 g/mol. The lowest BCUT2D eigenvalue weighted by Gasteiger charge is -1.93. The molecule has 0 aliphatic carbocycles. The summed E-state index contributed by atoms with van der Waals surface area (Å²) in [5, 5.41) is 0. The minimum atomic E-state index is -0.163. The molecule has 0 atom stereocenters. The van der Waals surface area contributed by atoms with Gasteiger partial charge in [-0.05, 0) is 18.9 Å². The van der Waals surface area contributed by atoms with E-state index in [-0.39, 0.29) is 5.56 Å². The third-order valence-electron chi connectivity index (χ3n) is 1.38. The van der Waals surface area contributed by atoms with E-state index < -0.39 is 0 Å². The second-order valence-corrected chi connectivity index (χ2v) is 2.25. The van der Waals surface area contributed by atoms with Crippen molar-refractivity contribution < 1.29 is 4.79 Å². The third-order valence-corrected chi connectivity index (χ3v) is 1.38. The van der Waals surface area contributed by atoms with E-state index in [4.69, 9.17) is 0 Å². The Hall–Kier alpha value is -1.82. The van der Waals surface area contributed by atoms with Gasteiger partial charge in [-0.25, -0.2) is 0 Å². The average Bonchev–Trinajstić information content (AvgIpc) is 2.03. The average molecular weight is 161 g/mol. The van der Waals surface area contributed by atoms with Crippen molar-refractivity contribution in [3.05, 3.63) is 33.7 Å². The summed E-state index contributed by atoms with van der Waals surface area (Å²) in [5.74, 6) is 4.87. The summed E-state index contributed by atoms with van der Waals surface area (Å²) < 4.78 is 0. The smallest absolute Gasteiger partial charge is 0.248 e. The molecule has 1 aromatic heterocycles. The van der Waals surface area contributed by atoms with Gasteiger partial charge < -0.3 is 4.98 Å². The first kappa shape index (κ1) is 8.28. The topological polar surface area (TPSA) is 49.9 Å². The van der Waals surface area contributed by atoms with E-state index in [2.05, 4.69) is 16.8 Å². The summed E-state index contributed by atoms with van der Waals surface area (Å²) in [6.07, 6.45) is 0.518. The summed E-state index contributed by atoms with van der Waals surface area (Å²) in [4.78, 5) is 23.2. The number of aromatic nitrogens is 1. The molecule has 0 amide bonds. The number of aromatic amines is 1. The molecule has 0 saturated heterocycles. The van der Waals surface area contributed by atoms with Gasteiger partial charge in [-0.1, -0.05) is 5.92 Å². The van der Waals surface area contributed by atoms with Crippen molar-refractivity contribution >= 4 is 6.29 Å². The molecule has 0 aliphatic rings. The van der Waals surface area contributed by atoms with E-state index in [9.17, 15) is 9.59 Å². The highest BCUT2D eigenvalue weighted by molar-refractivity contribution is 5.74. The first-order valence-corrected chi connectivity index (χ1v) is 3.39. The minimum Gasteiger partial charge on any atom is -0.325 e. The van der Waals surface area contributed by atoms with Crippen molar-refractivity contribution in [2.24, 2.45) is 0 Å². The van der Waals surface area contributed by atoms with Gasteiger partial charge in [0.15, 0.2) is 6.29 Å². The second kappa shape index (κ2) is 3.54. The number of hydrogen-bond donors (Lipinski definition) is 1. The van der Waals surface area contributed by atoms with Crippen molar-refractivity contribution in [1.29, 1.82) is 0 Å². The van der Waals surface area contributed by atoms with Crippen molar-refractivity contribution in [2.75, 3.05) is 0 Å². The molecule has 0 spiro atoms. The fourth-order valence-corrected chi connectivity index (χ4v) is 0.820. The molecule has 1 rings (SSSR count). The van der Waals surface area contributed by atoms with Gasteiger partial charge >= 0.3 is 0 Å². The number of aldehydes is 1. The molecule has 0 saturated carbocycles. The normalized spacial score (nSPS) is 8.42. The van der Waals surface area contributed by atoms with Crippen molar-refractivity contribution in [3.63, 3.8) is 0 Å². The van der Waals surface area contributed by atoms with Crippen LogP contribution in [0.15, 0.2) is 16.9 Å². The standard InChI is InChI=1S/C9H7NO2/c1-7-8(3-2-6-11)4-5-9(12)10-7/h4-6H,1H3,(H,10,12). The highest BCUT2D eigenvalue weighted by atomic mass is 16.1. The molecule has 3 nitrogen and oxygen atoms in total. The molecule has 0 aliphatic heterocycles. The fraction of sp³-hybridized carbons (Fsp3) is 0.111. The second-order valence-electron chi connectivity index (χ2n) is 2.25. The summed E-state index contributed by atoms with van der Waals surface area (Å²) in [6, 6.07) is 2.96. The maximum atomic E-state index is 10.7. The van der Waals surface area contributed by atoms with Crippen LogP contribution in [0.4, 0.5) is 0 Å². The van der Waals surface area contributed by atoms with E-state index in [1.54, 1.807) is 13.0 Å². The van der Waals surface area contributed by atoms with Crippen LogP contribution in [-0.4, -0.2) is 11.3 Å². The van der Waals surface area contributed by atoms with Crippen molar-refractivity contribution in [1.82, 2.24) is 4.98 Å². The van der Waals surface area contributed by atoms with E-state index in [0.717, 1.165) is 0 Å². The predicted molar refractivity (Wildman–Crippen MR) is 44.7 cm³/mol. The predicted octanol–water partition coefficient (Wildman–Crippen LogP) is 0.234. The van der Waals surface area contributed by atoms with Gasteiger partial charge in [0.25, 0.3) is 0 Å². The van der Waals surface area contributed by atoms with Crippen molar-refractivity contribution in [3.8, 4) is 11.8 Å². The maximum Gasteiger partial charge on any atom is 0.248 e. The van der Waals surface area contributed by atoms with Gasteiger partial charge in [-0.3, -0.25) is 9.59 Å². The molecular weight excluding hydrogens is 154 g/mol. The van der Waals surface area contributed by atoms with Crippen LogP contribution in [0.5, 0.6) is 0 Å². The van der Waals surface area contributed by atoms with Crippen molar-refractivity contribution in [2.45, 2.75) is 6.92 Å². The lowest BCUT2D eigenvalue weighted by molar-refractivity contribution is -0.103. The van der Waals surface area contributed by atoms with Gasteiger partial charge in [0.2, 0.25) is 5.56 Å². The van der Waals surface area contributed by atoms with Crippen LogP contribution in [0.3, 0.4) is 0 Å². The van der Waals surface area contributed by atoms with E-state index >= 15 is 0 Å². The van der Waals surface area contributed by atoms with E-state index in [0.29, 0.717) is 17.5 Å². The number of aryl methyl sites for hydroxylation is 1. The van der Waals surface area contributed by atoms with Gasteiger partial charge in [-0.15, -0.1) is 0 Å². The van der Waals surface area contributed by atoms with E-state index in [1.165, 1.54) is 6.07 Å². The van der Waals surface area contributed by atoms with Gasteiger partial charge in [-0.2, -0.15) is 0 Å². The first-order valence-electron chi connectivity index (χ1n) is 3.39. The largest absolute Gasteiger partial charge is 0.325 e. The lowest BCUT2D eigenvalue weighted by Crippen LogP contribution is -2.05. The first-order chi connectivity index (χ1) is 5.74. The number of H-pyrrole nitrogens is 1. The zero-order valence-electron chi connectivity index (χ0n) is 6.55. The SMILES string of the molecule is Cc1[nH]c(=O)ccc1C#CC=O. The quantitative estimate of drug-likeness (QED) is 0.437. The molecule has 0 aromatic carbocycles. The molecule has 1 heterocycles. The van der Waals surface area contributed by atoms with E-state index in [1.807, 2.05) is 0 Å². The third kappa shape index (κ3) is 1.83. The molecule has 0 bridgehead atoms. The minimum absolute atomic E-state index is 0.163. The molecule has 1 aromatic rings. The molecule has 0 fully saturated rings. The van der Waals surface area contributed by atoms with Crippen LogP contribution in [0.2, 0.25) is 0 Å². The zero-order chi connectivity index (χ0) is 8.97. The van der Waals surface area contributed by atoms with Gasteiger partial charge in [0, 0.05) is 17.3 Å². The van der Waals surface area contributed by atoms with Crippen LogP contribution in [0.1, 0.15) is 11.3 Å². The van der Waals surface area contributed by atoms with Crippen LogP contribution in [-0.2, 0) is 4.79 Å². The Morgan fingerprint density at radius 1 is 1.50 bits per heavy atom. The van der Waals surface area contributed by atoms with Gasteiger partial charge in [0.1, 0.15) is 0 Å². The number of nitrogens with one attached hydrogen (secondary N) is 1. The zero-order valence-corrected chi connectivity index (χ0v) is 6.55. The molecule has 60 valence electrons. The van der Waals surface area contributed by atoms with Crippen LogP contribution >= 0.6 is 0 Å². The fourth-order valence-electron chi connectivity index (χ4n) is 0.820. The maximum absolute atomic E-state index is 10.7. The number of carbonyl (C=O) groups is 1. The lowest BCUT2D eigenvalue weighted by atomic mass is 10.2. The Kier molecular flexibility index (Phi) is 2.44. The Labute approximate surface area is 69.4 Å².